The van der Waals surface area contributed by atoms with E-state index < -0.39 is 17.6 Å². The zero-order valence-electron chi connectivity index (χ0n) is 8.95. The summed E-state index contributed by atoms with van der Waals surface area (Å²) in [6.45, 7) is 5.60. The summed E-state index contributed by atoms with van der Waals surface area (Å²) in [4.78, 5) is 11.8. The lowest BCUT2D eigenvalue weighted by atomic mass is 9.62. The molecule has 2 aliphatic carbocycles. The van der Waals surface area contributed by atoms with Gasteiger partial charge in [-0.25, -0.2) is 0 Å². The highest BCUT2D eigenvalue weighted by atomic mass is 16.3. The van der Waals surface area contributed by atoms with Crippen molar-refractivity contribution in [1.82, 2.24) is 0 Å². The highest BCUT2D eigenvalue weighted by Crippen LogP contribution is 2.57. The van der Waals surface area contributed by atoms with Crippen molar-refractivity contribution in [3.63, 3.8) is 0 Å². The highest BCUT2D eigenvalue weighted by Gasteiger charge is 2.65. The Morgan fingerprint density at radius 3 is 2.50 bits per heavy atom. The van der Waals surface area contributed by atoms with E-state index in [1.165, 1.54) is 0 Å². The average Bonchev–Trinajstić information content (AvgIpc) is 2.22. The Labute approximate surface area is 84.1 Å². The van der Waals surface area contributed by atoms with E-state index in [0.717, 1.165) is 6.42 Å². The Kier molecular flexibility index (Phi) is 1.87. The van der Waals surface area contributed by atoms with Crippen molar-refractivity contribution in [2.45, 2.75) is 45.8 Å². The van der Waals surface area contributed by atoms with E-state index in [-0.39, 0.29) is 17.1 Å². The smallest absolute Gasteiger partial charge is 0.144 e. The number of ketones is 1. The van der Waals surface area contributed by atoms with Crippen molar-refractivity contribution < 1.29 is 15.0 Å². The van der Waals surface area contributed by atoms with Crippen LogP contribution in [0.3, 0.4) is 0 Å². The molecule has 5 atom stereocenters. The number of hydrogen-bond donors (Lipinski definition) is 2. The van der Waals surface area contributed by atoms with Crippen LogP contribution in [-0.2, 0) is 4.79 Å². The van der Waals surface area contributed by atoms with Crippen molar-refractivity contribution in [3.8, 4) is 0 Å². The standard InChI is InChI=1S/C11H18O3/c1-6-4-10(2)5-7(12)11(3,8(6)13)9(10)14/h6,8-9,13-14H,4-5H2,1-3H3. The van der Waals surface area contributed by atoms with Gasteiger partial charge in [-0.05, 0) is 19.3 Å². The lowest BCUT2D eigenvalue weighted by Crippen LogP contribution is -2.54. The zero-order chi connectivity index (χ0) is 10.7. The van der Waals surface area contributed by atoms with Gasteiger partial charge in [0.25, 0.3) is 0 Å². The van der Waals surface area contributed by atoms with E-state index in [9.17, 15) is 15.0 Å². The van der Waals surface area contributed by atoms with Crippen molar-refractivity contribution in [2.24, 2.45) is 16.7 Å². The number of aliphatic hydroxyl groups is 2. The van der Waals surface area contributed by atoms with Crippen molar-refractivity contribution in [2.75, 3.05) is 0 Å². The van der Waals surface area contributed by atoms with Gasteiger partial charge in [0, 0.05) is 11.8 Å². The minimum absolute atomic E-state index is 0.0179. The first-order chi connectivity index (χ1) is 6.32. The van der Waals surface area contributed by atoms with Gasteiger partial charge in [0.2, 0.25) is 0 Å². The van der Waals surface area contributed by atoms with E-state index in [2.05, 4.69) is 0 Å². The molecule has 3 nitrogen and oxygen atoms in total. The normalized spacial score (nSPS) is 57.8. The van der Waals surface area contributed by atoms with E-state index in [1.807, 2.05) is 13.8 Å². The first-order valence-corrected chi connectivity index (χ1v) is 5.22. The fraction of sp³-hybridized carbons (Fsp3) is 0.909. The molecule has 0 saturated heterocycles. The second kappa shape index (κ2) is 2.58. The predicted octanol–water partition coefficient (Wildman–Crippen LogP) is 0.733. The third-order valence-electron chi connectivity index (χ3n) is 4.34. The molecule has 0 aromatic rings. The largest absolute Gasteiger partial charge is 0.392 e. The molecule has 2 saturated carbocycles. The molecular formula is C11H18O3. The lowest BCUT2D eigenvalue weighted by molar-refractivity contribution is -0.154. The van der Waals surface area contributed by atoms with Gasteiger partial charge in [0.1, 0.15) is 5.78 Å². The second-order valence-corrected chi connectivity index (χ2v) is 5.57. The van der Waals surface area contributed by atoms with Gasteiger partial charge < -0.3 is 10.2 Å². The van der Waals surface area contributed by atoms with Gasteiger partial charge in [-0.2, -0.15) is 0 Å². The molecule has 14 heavy (non-hydrogen) atoms. The monoisotopic (exact) mass is 198 g/mol. The molecule has 0 radical (unpaired) electrons. The summed E-state index contributed by atoms with van der Waals surface area (Å²) in [5, 5.41) is 20.1. The number of fused-ring (bicyclic) bond motifs is 2. The van der Waals surface area contributed by atoms with Gasteiger partial charge in [-0.3, -0.25) is 4.79 Å². The Bertz CT molecular complexity index is 288. The predicted molar refractivity (Wildman–Crippen MR) is 51.6 cm³/mol. The molecule has 0 aromatic carbocycles. The van der Waals surface area contributed by atoms with Crippen LogP contribution in [0.2, 0.25) is 0 Å². The molecule has 0 amide bonds. The van der Waals surface area contributed by atoms with Gasteiger partial charge in [0.05, 0.1) is 17.6 Å². The van der Waals surface area contributed by atoms with Crippen molar-refractivity contribution >= 4 is 5.78 Å². The van der Waals surface area contributed by atoms with Crippen LogP contribution in [0.4, 0.5) is 0 Å². The van der Waals surface area contributed by atoms with Gasteiger partial charge in [-0.1, -0.05) is 13.8 Å². The maximum Gasteiger partial charge on any atom is 0.144 e. The van der Waals surface area contributed by atoms with Crippen LogP contribution in [0, 0.1) is 16.7 Å². The number of aliphatic hydroxyl groups excluding tert-OH is 2. The number of hydrogen-bond acceptors (Lipinski definition) is 3. The molecule has 80 valence electrons. The summed E-state index contributed by atoms with van der Waals surface area (Å²) in [5.74, 6) is 0.115. The van der Waals surface area contributed by atoms with Crippen LogP contribution >= 0.6 is 0 Å². The summed E-state index contributed by atoms with van der Waals surface area (Å²) < 4.78 is 0. The average molecular weight is 198 g/mol. The van der Waals surface area contributed by atoms with Crippen LogP contribution < -0.4 is 0 Å². The Balaban J connectivity index is 2.49. The summed E-state index contributed by atoms with van der Waals surface area (Å²) in [7, 11) is 0. The molecule has 0 aliphatic heterocycles. The van der Waals surface area contributed by atoms with E-state index in [4.69, 9.17) is 0 Å². The van der Waals surface area contributed by atoms with Crippen LogP contribution in [0.5, 0.6) is 0 Å². The Morgan fingerprint density at radius 1 is 1.36 bits per heavy atom. The minimum atomic E-state index is -0.924. The molecule has 2 fully saturated rings. The molecule has 2 N–H and O–H groups in total. The molecule has 0 aromatic heterocycles. The van der Waals surface area contributed by atoms with Crippen molar-refractivity contribution in [1.29, 1.82) is 0 Å². The van der Waals surface area contributed by atoms with Crippen LogP contribution in [0.15, 0.2) is 0 Å². The summed E-state index contributed by atoms with van der Waals surface area (Å²) in [6, 6.07) is 0. The second-order valence-electron chi connectivity index (χ2n) is 5.57. The Hall–Kier alpha value is -0.410. The topological polar surface area (TPSA) is 57.5 Å². The summed E-state index contributed by atoms with van der Waals surface area (Å²) in [6.07, 6.45) is -0.239. The maximum absolute atomic E-state index is 11.8. The first kappa shape index (κ1) is 10.1. The highest BCUT2D eigenvalue weighted by molar-refractivity contribution is 5.89. The summed E-state index contributed by atoms with van der Waals surface area (Å²) in [5.41, 5.74) is -1.24. The third-order valence-corrected chi connectivity index (χ3v) is 4.34. The van der Waals surface area contributed by atoms with E-state index in [1.54, 1.807) is 6.92 Å². The zero-order valence-corrected chi connectivity index (χ0v) is 8.95. The van der Waals surface area contributed by atoms with Crippen molar-refractivity contribution in [3.05, 3.63) is 0 Å². The summed E-state index contributed by atoms with van der Waals surface area (Å²) >= 11 is 0. The molecule has 0 spiro atoms. The third kappa shape index (κ3) is 0.920. The molecule has 0 heterocycles. The molecule has 2 rings (SSSR count). The first-order valence-electron chi connectivity index (χ1n) is 5.22. The van der Waals surface area contributed by atoms with Gasteiger partial charge >= 0.3 is 0 Å². The van der Waals surface area contributed by atoms with Crippen LogP contribution in [0.1, 0.15) is 33.6 Å². The van der Waals surface area contributed by atoms with E-state index in [0.29, 0.717) is 6.42 Å². The quantitative estimate of drug-likeness (QED) is 0.603. The van der Waals surface area contributed by atoms with Gasteiger partial charge in [-0.15, -0.1) is 0 Å². The fourth-order valence-electron chi connectivity index (χ4n) is 3.48. The lowest BCUT2D eigenvalue weighted by Gasteiger charge is -2.46. The van der Waals surface area contributed by atoms with Crippen LogP contribution in [-0.4, -0.2) is 28.2 Å². The number of carbonyl (C=O) groups is 1. The number of Topliss-reactive ketones (excluding diaryl/α,β-unsaturated/α-hetero) is 1. The van der Waals surface area contributed by atoms with E-state index >= 15 is 0 Å². The Morgan fingerprint density at radius 2 is 1.93 bits per heavy atom. The van der Waals surface area contributed by atoms with Crippen LogP contribution in [0.25, 0.3) is 0 Å². The maximum atomic E-state index is 11.8. The molecular weight excluding hydrogens is 180 g/mol. The molecule has 2 bridgehead atoms. The number of carbonyl (C=O) groups excluding carboxylic acids is 1. The molecule has 5 unspecified atom stereocenters. The molecule has 3 heteroatoms. The number of rotatable bonds is 0. The fourth-order valence-corrected chi connectivity index (χ4v) is 3.48. The molecule has 2 aliphatic rings. The SMILES string of the molecule is CC1CC2(C)CC(=O)C(C)(C1O)C2O. The minimum Gasteiger partial charge on any atom is -0.392 e. The van der Waals surface area contributed by atoms with Gasteiger partial charge in [0.15, 0.2) is 0 Å².